The molecular formula is C16H37NO4Si3. The molecule has 5 nitrogen and oxygen atoms in total. The van der Waals surface area contributed by atoms with Crippen LogP contribution in [0.5, 0.6) is 0 Å². The molecule has 1 unspecified atom stereocenters. The molecule has 2 N–H and O–H groups in total. The number of nitrogens with one attached hydrogen (secondary N) is 1. The Labute approximate surface area is 150 Å². The van der Waals surface area contributed by atoms with E-state index in [4.69, 9.17) is 9.22 Å². The fourth-order valence-electron chi connectivity index (χ4n) is 3.22. The first kappa shape index (κ1) is 23.6. The van der Waals surface area contributed by atoms with Crippen LogP contribution in [0.4, 0.5) is 0 Å². The van der Waals surface area contributed by atoms with Gasteiger partial charge in [0.25, 0.3) is 0 Å². The number of hydrogen-bond donors (Lipinski definition) is 2. The smallest absolute Gasteiger partial charge is 0.303 e. The van der Waals surface area contributed by atoms with Gasteiger partial charge in [0.15, 0.2) is 16.6 Å². The minimum absolute atomic E-state index is 0.0454. The predicted molar refractivity (Wildman–Crippen MR) is 108 cm³/mol. The zero-order valence-electron chi connectivity index (χ0n) is 16.6. The Bertz CT molecular complexity index is 401. The number of carboxylic acids is 1. The summed E-state index contributed by atoms with van der Waals surface area (Å²) in [6, 6.07) is 1.08. The van der Waals surface area contributed by atoms with Crippen LogP contribution in [0, 0.1) is 0 Å². The molecule has 24 heavy (non-hydrogen) atoms. The number of rotatable bonds is 12. The summed E-state index contributed by atoms with van der Waals surface area (Å²) in [5.74, 6) is -0.893. The van der Waals surface area contributed by atoms with Crippen LogP contribution in [0.3, 0.4) is 0 Å². The van der Waals surface area contributed by atoms with E-state index in [9.17, 15) is 9.59 Å². The van der Waals surface area contributed by atoms with Gasteiger partial charge in [0.1, 0.15) is 0 Å². The minimum Gasteiger partial charge on any atom is -0.481 e. The standard InChI is InChI=1S/C16H37NO4Si3/c1-22(2,3)14-24(7,21-23(4,5)6)13-9-12-17-15(18)10-8-11-16(19)20/h8-14H2,1-7H3,(H,17,18)(H,19,20). The zero-order valence-corrected chi connectivity index (χ0v) is 19.6. The summed E-state index contributed by atoms with van der Waals surface area (Å²) in [4.78, 5) is 22.1. The maximum Gasteiger partial charge on any atom is 0.303 e. The highest BCUT2D eigenvalue weighted by molar-refractivity contribution is 6.96. The highest BCUT2D eigenvalue weighted by atomic mass is 28.4. The maximum atomic E-state index is 11.7. The van der Waals surface area contributed by atoms with Gasteiger partial charge < -0.3 is 14.5 Å². The minimum atomic E-state index is -1.74. The third-order valence-electron chi connectivity index (χ3n) is 3.46. The van der Waals surface area contributed by atoms with Gasteiger partial charge in [0.2, 0.25) is 5.91 Å². The van der Waals surface area contributed by atoms with Gasteiger partial charge in [-0.15, -0.1) is 0 Å². The monoisotopic (exact) mass is 391 g/mol. The number of amides is 1. The number of carbonyl (C=O) groups is 2. The third kappa shape index (κ3) is 13.9. The quantitative estimate of drug-likeness (QED) is 0.389. The van der Waals surface area contributed by atoms with Crippen molar-refractivity contribution in [1.82, 2.24) is 5.32 Å². The average molecular weight is 392 g/mol. The van der Waals surface area contributed by atoms with Gasteiger partial charge in [0.05, 0.1) is 0 Å². The van der Waals surface area contributed by atoms with Crippen LogP contribution in [0.1, 0.15) is 25.7 Å². The van der Waals surface area contributed by atoms with E-state index in [2.05, 4.69) is 51.1 Å². The zero-order chi connectivity index (χ0) is 19.0. The van der Waals surface area contributed by atoms with E-state index in [1.165, 1.54) is 5.67 Å². The Morgan fingerprint density at radius 2 is 1.54 bits per heavy atom. The number of carboxylic acid groups (broad SMARTS) is 1. The number of aliphatic carboxylic acids is 1. The largest absolute Gasteiger partial charge is 0.481 e. The third-order valence-corrected chi connectivity index (χ3v) is 16.5. The molecule has 0 heterocycles. The molecule has 0 spiro atoms. The van der Waals surface area contributed by atoms with E-state index >= 15 is 0 Å². The van der Waals surface area contributed by atoms with Gasteiger partial charge in [-0.05, 0) is 50.7 Å². The first-order valence-electron chi connectivity index (χ1n) is 8.91. The van der Waals surface area contributed by atoms with Crippen molar-refractivity contribution in [3.63, 3.8) is 0 Å². The highest BCUT2D eigenvalue weighted by Gasteiger charge is 2.37. The molecule has 0 saturated heterocycles. The molecule has 0 bridgehead atoms. The van der Waals surface area contributed by atoms with Crippen molar-refractivity contribution in [1.29, 1.82) is 0 Å². The summed E-state index contributed by atoms with van der Waals surface area (Å²) in [6.45, 7) is 17.0. The summed E-state index contributed by atoms with van der Waals surface area (Å²) in [5.41, 5.74) is 1.26. The first-order valence-corrected chi connectivity index (χ1v) is 18.8. The molecule has 0 aliphatic carbocycles. The van der Waals surface area contributed by atoms with Crippen molar-refractivity contribution in [2.75, 3.05) is 6.54 Å². The topological polar surface area (TPSA) is 75.6 Å². The maximum absolute atomic E-state index is 11.7. The first-order chi connectivity index (χ1) is 10.7. The van der Waals surface area contributed by atoms with Crippen molar-refractivity contribution in [2.45, 2.75) is 83.2 Å². The Hall–Kier alpha value is -0.449. The molecule has 0 aliphatic rings. The van der Waals surface area contributed by atoms with Crippen molar-refractivity contribution in [3.05, 3.63) is 0 Å². The fraction of sp³-hybridized carbons (Fsp3) is 0.875. The average Bonchev–Trinajstić information content (AvgIpc) is 2.29. The predicted octanol–water partition coefficient (Wildman–Crippen LogP) is 4.05. The van der Waals surface area contributed by atoms with Gasteiger partial charge in [-0.2, -0.15) is 0 Å². The summed E-state index contributed by atoms with van der Waals surface area (Å²) >= 11 is 0. The van der Waals surface area contributed by atoms with Crippen LogP contribution in [-0.2, 0) is 13.7 Å². The molecule has 0 rings (SSSR count). The van der Waals surface area contributed by atoms with E-state index < -0.39 is 30.7 Å². The lowest BCUT2D eigenvalue weighted by molar-refractivity contribution is -0.137. The van der Waals surface area contributed by atoms with Crippen molar-refractivity contribution in [3.8, 4) is 0 Å². The molecule has 1 amide bonds. The van der Waals surface area contributed by atoms with E-state index in [1.54, 1.807) is 0 Å². The SMILES string of the molecule is C[Si](C)(C)C[Si](C)(CCCNC(=O)CCCC(=O)O)O[Si](C)(C)C. The van der Waals surface area contributed by atoms with E-state index in [0.29, 0.717) is 19.4 Å². The second-order valence-corrected chi connectivity index (χ2v) is 24.1. The van der Waals surface area contributed by atoms with Crippen LogP contribution in [-0.4, -0.2) is 48.2 Å². The van der Waals surface area contributed by atoms with Crippen LogP contribution >= 0.6 is 0 Å². The highest BCUT2D eigenvalue weighted by Crippen LogP contribution is 2.28. The molecule has 8 heteroatoms. The van der Waals surface area contributed by atoms with Crippen LogP contribution in [0.25, 0.3) is 0 Å². The molecule has 0 aromatic carbocycles. The van der Waals surface area contributed by atoms with E-state index in [0.717, 1.165) is 12.5 Å². The number of carbonyl (C=O) groups excluding carboxylic acids is 1. The van der Waals surface area contributed by atoms with Crippen LogP contribution in [0.2, 0.25) is 57.5 Å². The van der Waals surface area contributed by atoms with Gasteiger partial charge >= 0.3 is 5.97 Å². The lowest BCUT2D eigenvalue weighted by Gasteiger charge is -2.38. The lowest BCUT2D eigenvalue weighted by Crippen LogP contribution is -2.49. The normalized spacial score (nSPS) is 15.0. The Kier molecular flexibility index (Phi) is 9.70. The molecule has 0 aliphatic heterocycles. The van der Waals surface area contributed by atoms with Gasteiger partial charge in [0, 0.05) is 27.5 Å². The van der Waals surface area contributed by atoms with Crippen molar-refractivity contribution < 1.29 is 18.8 Å². The van der Waals surface area contributed by atoms with E-state index in [-0.39, 0.29) is 12.3 Å². The molecule has 1 atom stereocenters. The lowest BCUT2D eigenvalue weighted by atomic mass is 10.2. The molecule has 0 aromatic heterocycles. The summed E-state index contributed by atoms with van der Waals surface area (Å²) < 4.78 is 6.63. The molecule has 0 radical (unpaired) electrons. The Morgan fingerprint density at radius 1 is 0.958 bits per heavy atom. The van der Waals surface area contributed by atoms with Crippen LogP contribution in [0.15, 0.2) is 0 Å². The molecule has 0 saturated carbocycles. The summed E-state index contributed by atoms with van der Waals surface area (Å²) in [6.07, 6.45) is 1.70. The number of hydrogen-bond acceptors (Lipinski definition) is 3. The Morgan fingerprint density at radius 3 is 2.00 bits per heavy atom. The van der Waals surface area contributed by atoms with Gasteiger partial charge in [-0.3, -0.25) is 9.59 Å². The summed E-state index contributed by atoms with van der Waals surface area (Å²) in [7, 11) is -4.49. The molecule has 142 valence electrons. The molecule has 0 aromatic rings. The Balaban J connectivity index is 4.32. The summed E-state index contributed by atoms with van der Waals surface area (Å²) in [5, 5.41) is 11.5. The van der Waals surface area contributed by atoms with Crippen molar-refractivity contribution in [2.24, 2.45) is 0 Å². The van der Waals surface area contributed by atoms with Crippen LogP contribution < -0.4 is 5.32 Å². The second-order valence-electron chi connectivity index (χ2n) is 9.10. The van der Waals surface area contributed by atoms with Gasteiger partial charge in [-0.1, -0.05) is 19.6 Å². The molecular weight excluding hydrogens is 354 g/mol. The van der Waals surface area contributed by atoms with Gasteiger partial charge in [-0.25, -0.2) is 0 Å². The molecule has 0 fully saturated rings. The van der Waals surface area contributed by atoms with Crippen molar-refractivity contribution >= 4 is 36.6 Å². The second kappa shape index (κ2) is 9.88. The fourth-order valence-corrected chi connectivity index (χ4v) is 21.1. The van der Waals surface area contributed by atoms with E-state index in [1.807, 2.05) is 0 Å².